The smallest absolute Gasteiger partial charge is 0.177 e. The lowest BCUT2D eigenvalue weighted by Crippen LogP contribution is -2.39. The van der Waals surface area contributed by atoms with Crippen LogP contribution in [0.15, 0.2) is 24.4 Å². The molecule has 0 saturated carbocycles. The largest absolute Gasteiger partial charge is 0.350 e. The highest BCUT2D eigenvalue weighted by Gasteiger charge is 2.28. The second-order valence-corrected chi connectivity index (χ2v) is 7.08. The minimum Gasteiger partial charge on any atom is -0.350 e. The van der Waals surface area contributed by atoms with Gasteiger partial charge in [-0.1, -0.05) is 37.0 Å². The SMILES string of the molecule is Cc1cc(C#CCN)ccc1-c1cn(CC2OCC(C)(C)CO2)nn1. The molecule has 1 aromatic heterocycles. The molecule has 1 fully saturated rings. The quantitative estimate of drug-likeness (QED) is 0.865. The molecule has 1 aliphatic heterocycles. The van der Waals surface area contributed by atoms with Crippen molar-refractivity contribution in [1.82, 2.24) is 15.0 Å². The Balaban J connectivity index is 1.69. The zero-order chi connectivity index (χ0) is 17.9. The van der Waals surface area contributed by atoms with Gasteiger partial charge in [0.1, 0.15) is 5.69 Å². The Morgan fingerprint density at radius 1 is 1.32 bits per heavy atom. The van der Waals surface area contributed by atoms with Crippen LogP contribution in [0.1, 0.15) is 25.0 Å². The Kier molecular flexibility index (Phi) is 5.19. The van der Waals surface area contributed by atoms with Crippen molar-refractivity contribution in [3.05, 3.63) is 35.5 Å². The minimum absolute atomic E-state index is 0.0652. The van der Waals surface area contributed by atoms with Gasteiger partial charge in [-0.15, -0.1) is 5.10 Å². The maximum atomic E-state index is 5.75. The molecule has 1 aromatic carbocycles. The van der Waals surface area contributed by atoms with E-state index in [-0.39, 0.29) is 11.7 Å². The maximum Gasteiger partial charge on any atom is 0.177 e. The lowest BCUT2D eigenvalue weighted by atomic mass is 9.96. The Labute approximate surface area is 148 Å². The molecule has 1 aliphatic rings. The molecule has 2 heterocycles. The molecule has 0 aliphatic carbocycles. The normalized spacial score (nSPS) is 17.1. The fourth-order valence-electron chi connectivity index (χ4n) is 2.68. The molecule has 2 N–H and O–H groups in total. The molecular formula is C19H24N4O2. The molecule has 2 aromatic rings. The first-order chi connectivity index (χ1) is 12.0. The van der Waals surface area contributed by atoms with Gasteiger partial charge in [0.15, 0.2) is 6.29 Å². The second kappa shape index (κ2) is 7.36. The van der Waals surface area contributed by atoms with Crippen molar-refractivity contribution >= 4 is 0 Å². The Morgan fingerprint density at radius 2 is 2.08 bits per heavy atom. The summed E-state index contributed by atoms with van der Waals surface area (Å²) in [7, 11) is 0. The van der Waals surface area contributed by atoms with Gasteiger partial charge in [-0.25, -0.2) is 4.68 Å². The van der Waals surface area contributed by atoms with E-state index in [2.05, 4.69) is 36.0 Å². The maximum absolute atomic E-state index is 5.75. The van der Waals surface area contributed by atoms with Crippen LogP contribution in [-0.2, 0) is 16.0 Å². The molecule has 6 heteroatoms. The molecule has 0 amide bonds. The highest BCUT2D eigenvalue weighted by atomic mass is 16.7. The summed E-state index contributed by atoms with van der Waals surface area (Å²) in [4.78, 5) is 0. The lowest BCUT2D eigenvalue weighted by molar-refractivity contribution is -0.227. The molecule has 0 spiro atoms. The van der Waals surface area contributed by atoms with Gasteiger partial charge >= 0.3 is 0 Å². The van der Waals surface area contributed by atoms with E-state index in [0.717, 1.165) is 22.4 Å². The standard InChI is InChI=1S/C19H24N4O2/c1-14-9-15(5-4-8-20)6-7-16(14)17-10-23(22-21-17)11-18-24-12-19(2,3)13-25-18/h6-7,9-10,18H,8,11-13,20H2,1-3H3. The van der Waals surface area contributed by atoms with E-state index >= 15 is 0 Å². The average molecular weight is 340 g/mol. The third-order valence-electron chi connectivity index (χ3n) is 4.03. The number of aryl methyl sites for hydroxylation is 1. The summed E-state index contributed by atoms with van der Waals surface area (Å²) in [5.41, 5.74) is 9.39. The summed E-state index contributed by atoms with van der Waals surface area (Å²) in [5, 5.41) is 8.48. The van der Waals surface area contributed by atoms with E-state index < -0.39 is 0 Å². The fourth-order valence-corrected chi connectivity index (χ4v) is 2.68. The number of benzene rings is 1. The van der Waals surface area contributed by atoms with Crippen molar-refractivity contribution in [2.45, 2.75) is 33.6 Å². The van der Waals surface area contributed by atoms with Crippen LogP contribution in [0, 0.1) is 24.2 Å². The highest BCUT2D eigenvalue weighted by Crippen LogP contribution is 2.25. The van der Waals surface area contributed by atoms with Crippen molar-refractivity contribution < 1.29 is 9.47 Å². The van der Waals surface area contributed by atoms with E-state index in [4.69, 9.17) is 15.2 Å². The van der Waals surface area contributed by atoms with Crippen molar-refractivity contribution in [1.29, 1.82) is 0 Å². The number of aromatic nitrogens is 3. The fraction of sp³-hybridized carbons (Fsp3) is 0.474. The third-order valence-corrected chi connectivity index (χ3v) is 4.03. The van der Waals surface area contributed by atoms with Gasteiger partial charge in [0.05, 0.1) is 32.5 Å². The second-order valence-electron chi connectivity index (χ2n) is 7.08. The van der Waals surface area contributed by atoms with Crippen molar-refractivity contribution in [3.63, 3.8) is 0 Å². The molecule has 132 valence electrons. The topological polar surface area (TPSA) is 75.2 Å². The zero-order valence-electron chi connectivity index (χ0n) is 15.0. The van der Waals surface area contributed by atoms with Gasteiger partial charge in [0, 0.05) is 16.5 Å². The summed E-state index contributed by atoms with van der Waals surface area (Å²) in [6.45, 7) is 8.55. The predicted molar refractivity (Wildman–Crippen MR) is 95.6 cm³/mol. The summed E-state index contributed by atoms with van der Waals surface area (Å²) >= 11 is 0. The number of rotatable bonds is 3. The van der Waals surface area contributed by atoms with E-state index in [0.29, 0.717) is 26.3 Å². The van der Waals surface area contributed by atoms with Crippen molar-refractivity contribution in [2.75, 3.05) is 19.8 Å². The zero-order valence-corrected chi connectivity index (χ0v) is 15.0. The highest BCUT2D eigenvalue weighted by molar-refractivity contribution is 5.64. The first-order valence-corrected chi connectivity index (χ1v) is 8.40. The van der Waals surface area contributed by atoms with Gasteiger partial charge in [-0.3, -0.25) is 0 Å². The molecule has 25 heavy (non-hydrogen) atoms. The number of nitrogens with zero attached hydrogens (tertiary/aromatic N) is 3. The monoisotopic (exact) mass is 340 g/mol. The lowest BCUT2D eigenvalue weighted by Gasteiger charge is -2.34. The molecule has 0 radical (unpaired) electrons. The molecule has 0 bridgehead atoms. The van der Waals surface area contributed by atoms with Gasteiger partial charge < -0.3 is 15.2 Å². The van der Waals surface area contributed by atoms with Crippen LogP contribution in [0.25, 0.3) is 11.3 Å². The summed E-state index contributed by atoms with van der Waals surface area (Å²) in [5.74, 6) is 5.90. The van der Waals surface area contributed by atoms with E-state index in [1.54, 1.807) is 4.68 Å². The molecule has 0 unspecified atom stereocenters. The minimum atomic E-state index is -0.280. The molecule has 0 atom stereocenters. The van der Waals surface area contributed by atoms with E-state index in [1.807, 2.05) is 31.3 Å². The molecule has 6 nitrogen and oxygen atoms in total. The van der Waals surface area contributed by atoms with Crippen LogP contribution >= 0.6 is 0 Å². The van der Waals surface area contributed by atoms with Crippen LogP contribution in [-0.4, -0.2) is 41.0 Å². The number of hydrogen-bond donors (Lipinski definition) is 1. The van der Waals surface area contributed by atoms with E-state index in [9.17, 15) is 0 Å². The van der Waals surface area contributed by atoms with Crippen LogP contribution in [0.2, 0.25) is 0 Å². The van der Waals surface area contributed by atoms with Crippen molar-refractivity contribution in [2.24, 2.45) is 11.1 Å². The van der Waals surface area contributed by atoms with Crippen molar-refractivity contribution in [3.8, 4) is 23.1 Å². The van der Waals surface area contributed by atoms with Crippen LogP contribution in [0.3, 0.4) is 0 Å². The number of ether oxygens (including phenoxy) is 2. The predicted octanol–water partition coefficient (Wildman–Crippen LogP) is 1.96. The first kappa shape index (κ1) is 17.6. The van der Waals surface area contributed by atoms with Gasteiger partial charge in [-0.05, 0) is 24.6 Å². The Bertz CT molecular complexity index is 791. The van der Waals surface area contributed by atoms with Crippen LogP contribution in [0.4, 0.5) is 0 Å². The van der Waals surface area contributed by atoms with Gasteiger partial charge in [0.25, 0.3) is 0 Å². The summed E-state index contributed by atoms with van der Waals surface area (Å²) < 4.78 is 13.3. The van der Waals surface area contributed by atoms with E-state index in [1.165, 1.54) is 0 Å². The number of nitrogens with two attached hydrogens (primary N) is 1. The third kappa shape index (κ3) is 4.45. The Hall–Kier alpha value is -2.20. The average Bonchev–Trinajstić information content (AvgIpc) is 3.03. The first-order valence-electron chi connectivity index (χ1n) is 8.40. The summed E-state index contributed by atoms with van der Waals surface area (Å²) in [6.07, 6.45) is 1.64. The van der Waals surface area contributed by atoms with Gasteiger partial charge in [-0.2, -0.15) is 0 Å². The molecule has 1 saturated heterocycles. The van der Waals surface area contributed by atoms with Gasteiger partial charge in [0.2, 0.25) is 0 Å². The van der Waals surface area contributed by atoms with Crippen LogP contribution in [0.5, 0.6) is 0 Å². The summed E-state index contributed by atoms with van der Waals surface area (Å²) in [6, 6.07) is 6.02. The van der Waals surface area contributed by atoms with Crippen LogP contribution < -0.4 is 5.73 Å². The number of hydrogen-bond acceptors (Lipinski definition) is 5. The molecule has 3 rings (SSSR count). The molecular weight excluding hydrogens is 316 g/mol. The Morgan fingerprint density at radius 3 is 2.76 bits per heavy atom.